The van der Waals surface area contributed by atoms with Crippen LogP contribution in [0.4, 0.5) is 0 Å². The lowest BCUT2D eigenvalue weighted by Gasteiger charge is -2.51. The molecule has 4 heterocycles. The monoisotopic (exact) mass is 479 g/mol. The van der Waals surface area contributed by atoms with E-state index in [-0.39, 0.29) is 23.8 Å². The molecule has 1 N–H and O–H groups in total. The molecular weight excluding hydrogens is 438 g/mol. The van der Waals surface area contributed by atoms with E-state index >= 15 is 0 Å². The second-order valence-electron chi connectivity index (χ2n) is 11.6. The van der Waals surface area contributed by atoms with E-state index in [9.17, 15) is 9.59 Å². The van der Waals surface area contributed by atoms with Gasteiger partial charge in [0.2, 0.25) is 5.91 Å². The number of fused-ring (bicyclic) bond motifs is 2. The lowest BCUT2D eigenvalue weighted by Crippen LogP contribution is -2.62. The fourth-order valence-electron chi connectivity index (χ4n) is 8.07. The van der Waals surface area contributed by atoms with Crippen LogP contribution in [-0.2, 0) is 9.53 Å². The molecule has 1 saturated carbocycles. The summed E-state index contributed by atoms with van der Waals surface area (Å²) < 4.78 is 5.97. The van der Waals surface area contributed by atoms with E-state index < -0.39 is 5.54 Å². The van der Waals surface area contributed by atoms with Gasteiger partial charge in [0, 0.05) is 31.3 Å². The molecule has 4 fully saturated rings. The first kappa shape index (κ1) is 23.5. The Kier molecular flexibility index (Phi) is 6.61. The summed E-state index contributed by atoms with van der Waals surface area (Å²) in [6.45, 7) is 4.58. The molecule has 0 bridgehead atoms. The van der Waals surface area contributed by atoms with Crippen LogP contribution in [0.3, 0.4) is 0 Å². The van der Waals surface area contributed by atoms with Crippen molar-refractivity contribution in [1.82, 2.24) is 15.1 Å². The highest BCUT2D eigenvalue weighted by Gasteiger charge is 2.56. The topological polar surface area (TPSA) is 61.9 Å². The molecule has 0 aromatic heterocycles. The van der Waals surface area contributed by atoms with Crippen molar-refractivity contribution in [3.63, 3.8) is 0 Å². The molecule has 1 aromatic carbocycles. The highest BCUT2D eigenvalue weighted by molar-refractivity contribution is 6.02. The van der Waals surface area contributed by atoms with E-state index in [2.05, 4.69) is 15.1 Å². The Morgan fingerprint density at radius 3 is 2.66 bits per heavy atom. The van der Waals surface area contributed by atoms with Gasteiger partial charge < -0.3 is 19.9 Å². The Hall–Kier alpha value is -1.92. The Balaban J connectivity index is 1.28. The molecule has 6 rings (SSSR count). The average Bonchev–Trinajstić information content (AvgIpc) is 3.58. The first-order valence-electron chi connectivity index (χ1n) is 14.2. The van der Waals surface area contributed by atoms with Gasteiger partial charge in [-0.2, -0.15) is 0 Å². The third kappa shape index (κ3) is 4.21. The molecule has 1 aliphatic carbocycles. The van der Waals surface area contributed by atoms with Crippen molar-refractivity contribution >= 4 is 11.8 Å². The number of ether oxygens (including phenoxy) is 1. The lowest BCUT2D eigenvalue weighted by molar-refractivity contribution is -0.127. The number of nitrogens with zero attached hydrogens (tertiary/aromatic N) is 2. The number of amides is 2. The molecule has 1 spiro atoms. The van der Waals surface area contributed by atoms with E-state index in [1.54, 1.807) is 0 Å². The van der Waals surface area contributed by atoms with Gasteiger partial charge in [-0.3, -0.25) is 9.59 Å². The molecule has 3 saturated heterocycles. The Morgan fingerprint density at radius 1 is 1.00 bits per heavy atom. The van der Waals surface area contributed by atoms with Gasteiger partial charge in [-0.15, -0.1) is 0 Å². The van der Waals surface area contributed by atoms with Crippen molar-refractivity contribution in [3.05, 3.63) is 35.4 Å². The van der Waals surface area contributed by atoms with Crippen LogP contribution in [0.2, 0.25) is 0 Å². The summed E-state index contributed by atoms with van der Waals surface area (Å²) in [5.41, 5.74) is 1.22. The van der Waals surface area contributed by atoms with Crippen molar-refractivity contribution in [2.24, 2.45) is 5.92 Å². The highest BCUT2D eigenvalue weighted by Crippen LogP contribution is 2.50. The van der Waals surface area contributed by atoms with Crippen LogP contribution >= 0.6 is 0 Å². The number of carbonyl (C=O) groups excluding carboxylic acids is 2. The fraction of sp³-hybridized carbons (Fsp3) is 0.724. The highest BCUT2D eigenvalue weighted by atomic mass is 16.5. The fourth-order valence-corrected chi connectivity index (χ4v) is 8.07. The molecule has 6 nitrogen and oxygen atoms in total. The van der Waals surface area contributed by atoms with Crippen molar-refractivity contribution in [2.45, 2.75) is 94.2 Å². The molecule has 6 heteroatoms. The molecule has 4 atom stereocenters. The standard InChI is InChI=1S/C29H41N3O3/c33-27(30-19-21-9-7-17-31-16-6-3-13-25(21)31)26-23-11-1-2-12-24(23)28(34)32(20-22-10-8-18-35-22)29(26)14-4-5-15-29/h1-2,11-12,21-22,25-26H,3-10,13-20H2,(H,30,33). The first-order valence-corrected chi connectivity index (χ1v) is 14.2. The second kappa shape index (κ2) is 9.85. The Labute approximate surface area is 209 Å². The molecule has 4 aliphatic heterocycles. The van der Waals surface area contributed by atoms with Gasteiger partial charge in [0.25, 0.3) is 5.91 Å². The minimum Gasteiger partial charge on any atom is -0.376 e. The normalized spacial score (nSPS) is 32.5. The predicted octanol–water partition coefficient (Wildman–Crippen LogP) is 4.10. The molecule has 1 aromatic rings. The number of nitrogens with one attached hydrogen (secondary N) is 1. The van der Waals surface area contributed by atoms with Crippen LogP contribution in [0, 0.1) is 5.92 Å². The molecule has 5 aliphatic rings. The molecular formula is C29H41N3O3. The summed E-state index contributed by atoms with van der Waals surface area (Å²) in [7, 11) is 0. The van der Waals surface area contributed by atoms with Gasteiger partial charge in [-0.1, -0.05) is 37.5 Å². The maximum absolute atomic E-state index is 14.1. The van der Waals surface area contributed by atoms with E-state index in [1.807, 2.05) is 24.3 Å². The zero-order valence-electron chi connectivity index (χ0n) is 21.1. The van der Waals surface area contributed by atoms with Crippen molar-refractivity contribution in [2.75, 3.05) is 32.8 Å². The van der Waals surface area contributed by atoms with Gasteiger partial charge >= 0.3 is 0 Å². The third-order valence-corrected chi connectivity index (χ3v) is 9.73. The number of hydrogen-bond donors (Lipinski definition) is 1. The van der Waals surface area contributed by atoms with Crippen molar-refractivity contribution < 1.29 is 14.3 Å². The third-order valence-electron chi connectivity index (χ3n) is 9.73. The second-order valence-corrected chi connectivity index (χ2v) is 11.6. The van der Waals surface area contributed by atoms with Gasteiger partial charge in [0.1, 0.15) is 0 Å². The zero-order valence-corrected chi connectivity index (χ0v) is 21.1. The molecule has 35 heavy (non-hydrogen) atoms. The summed E-state index contributed by atoms with van der Waals surface area (Å²) in [6.07, 6.45) is 12.4. The van der Waals surface area contributed by atoms with Gasteiger partial charge in [0.05, 0.1) is 17.6 Å². The largest absolute Gasteiger partial charge is 0.376 e. The van der Waals surface area contributed by atoms with Gasteiger partial charge in [0.15, 0.2) is 0 Å². The maximum atomic E-state index is 14.1. The van der Waals surface area contributed by atoms with E-state index in [4.69, 9.17) is 4.74 Å². The Bertz CT molecular complexity index is 935. The summed E-state index contributed by atoms with van der Waals surface area (Å²) in [4.78, 5) is 32.7. The maximum Gasteiger partial charge on any atom is 0.254 e. The van der Waals surface area contributed by atoms with Crippen LogP contribution in [0.25, 0.3) is 0 Å². The summed E-state index contributed by atoms with van der Waals surface area (Å²) in [6, 6.07) is 8.50. The van der Waals surface area contributed by atoms with Crippen LogP contribution in [0.15, 0.2) is 24.3 Å². The van der Waals surface area contributed by atoms with Gasteiger partial charge in [-0.25, -0.2) is 0 Å². The van der Waals surface area contributed by atoms with Crippen LogP contribution < -0.4 is 5.32 Å². The number of rotatable bonds is 5. The zero-order chi connectivity index (χ0) is 23.8. The first-order chi connectivity index (χ1) is 17.2. The van der Waals surface area contributed by atoms with Gasteiger partial charge in [-0.05, 0) is 82.0 Å². The minimum absolute atomic E-state index is 0.0879. The molecule has 4 unspecified atom stereocenters. The van der Waals surface area contributed by atoms with Crippen LogP contribution in [-0.4, -0.2) is 72.1 Å². The quantitative estimate of drug-likeness (QED) is 0.691. The van der Waals surface area contributed by atoms with E-state index in [1.165, 1.54) is 45.2 Å². The smallest absolute Gasteiger partial charge is 0.254 e. The summed E-state index contributed by atoms with van der Waals surface area (Å²) in [5, 5.41) is 3.44. The van der Waals surface area contributed by atoms with E-state index in [0.717, 1.165) is 57.2 Å². The summed E-state index contributed by atoms with van der Waals surface area (Å²) in [5.74, 6) is 0.451. The Morgan fingerprint density at radius 2 is 1.83 bits per heavy atom. The van der Waals surface area contributed by atoms with Crippen LogP contribution in [0.1, 0.15) is 92.5 Å². The van der Waals surface area contributed by atoms with Crippen molar-refractivity contribution in [3.8, 4) is 0 Å². The number of benzene rings is 1. The number of piperidine rings is 2. The summed E-state index contributed by atoms with van der Waals surface area (Å²) >= 11 is 0. The van der Waals surface area contributed by atoms with Crippen LogP contribution in [0.5, 0.6) is 0 Å². The SMILES string of the molecule is O=C(NCC1CCCN2CCCCC12)C1c2ccccc2C(=O)N(CC2CCCO2)C12CCCC2. The lowest BCUT2D eigenvalue weighted by atomic mass is 9.70. The number of hydrogen-bond acceptors (Lipinski definition) is 4. The average molecular weight is 480 g/mol. The van der Waals surface area contributed by atoms with E-state index in [0.29, 0.717) is 24.1 Å². The molecule has 0 radical (unpaired) electrons. The number of carbonyl (C=O) groups is 2. The van der Waals surface area contributed by atoms with Crippen molar-refractivity contribution in [1.29, 1.82) is 0 Å². The minimum atomic E-state index is -0.426. The molecule has 190 valence electrons. The molecule has 2 amide bonds. The predicted molar refractivity (Wildman–Crippen MR) is 135 cm³/mol.